The molecule has 0 saturated carbocycles. The van der Waals surface area contributed by atoms with Crippen LogP contribution < -0.4 is 5.32 Å². The van der Waals surface area contributed by atoms with Crippen LogP contribution in [0.5, 0.6) is 0 Å². The first-order chi connectivity index (χ1) is 28.2. The van der Waals surface area contributed by atoms with E-state index in [9.17, 15) is 15.0 Å². The van der Waals surface area contributed by atoms with E-state index in [0.717, 1.165) is 64.2 Å². The lowest BCUT2D eigenvalue weighted by atomic mass is 10.0. The average molecular weight is 794 g/mol. The van der Waals surface area contributed by atoms with E-state index in [0.29, 0.717) is 6.42 Å². The molecule has 0 spiro atoms. The molecule has 0 rings (SSSR count). The number of amides is 1. The van der Waals surface area contributed by atoms with E-state index in [4.69, 9.17) is 0 Å². The van der Waals surface area contributed by atoms with Gasteiger partial charge in [0.15, 0.2) is 0 Å². The molecule has 2 unspecified atom stereocenters. The van der Waals surface area contributed by atoms with Gasteiger partial charge in [0.05, 0.1) is 18.8 Å². The van der Waals surface area contributed by atoms with Crippen molar-refractivity contribution in [2.75, 3.05) is 6.61 Å². The molecule has 0 fully saturated rings. The Morgan fingerprint density at radius 3 is 1.14 bits per heavy atom. The van der Waals surface area contributed by atoms with Crippen molar-refractivity contribution in [3.05, 3.63) is 72.9 Å². The molecule has 330 valence electrons. The summed E-state index contributed by atoms with van der Waals surface area (Å²) in [6.07, 6.45) is 68.8. The third kappa shape index (κ3) is 44.8. The Labute approximate surface area is 355 Å². The number of carbonyl (C=O) groups is 1. The maximum Gasteiger partial charge on any atom is 0.220 e. The smallest absolute Gasteiger partial charge is 0.220 e. The first kappa shape index (κ1) is 54.8. The lowest BCUT2D eigenvalue weighted by molar-refractivity contribution is -0.123. The number of hydrogen-bond donors (Lipinski definition) is 3. The van der Waals surface area contributed by atoms with Gasteiger partial charge in [-0.1, -0.05) is 222 Å². The molecule has 4 nitrogen and oxygen atoms in total. The summed E-state index contributed by atoms with van der Waals surface area (Å²) >= 11 is 0. The van der Waals surface area contributed by atoms with Crippen LogP contribution in [0.25, 0.3) is 0 Å². The molecule has 0 bridgehead atoms. The second-order valence-corrected chi connectivity index (χ2v) is 16.5. The van der Waals surface area contributed by atoms with E-state index >= 15 is 0 Å². The van der Waals surface area contributed by atoms with E-state index in [1.54, 1.807) is 6.08 Å². The minimum atomic E-state index is -0.880. The van der Waals surface area contributed by atoms with Crippen LogP contribution in [0.15, 0.2) is 72.9 Å². The fraction of sp³-hybridized carbons (Fsp3) is 0.755. The highest BCUT2D eigenvalue weighted by Gasteiger charge is 2.17. The highest BCUT2D eigenvalue weighted by molar-refractivity contribution is 5.76. The van der Waals surface area contributed by atoms with Crippen LogP contribution in [0.2, 0.25) is 0 Å². The first-order valence-corrected chi connectivity index (χ1v) is 24.7. The van der Waals surface area contributed by atoms with E-state index in [1.165, 1.54) is 154 Å². The van der Waals surface area contributed by atoms with Crippen molar-refractivity contribution in [1.29, 1.82) is 0 Å². The van der Waals surface area contributed by atoms with E-state index < -0.39 is 12.1 Å². The molecule has 0 aliphatic rings. The van der Waals surface area contributed by atoms with Gasteiger partial charge in [0.2, 0.25) is 5.91 Å². The largest absolute Gasteiger partial charge is 0.394 e. The fourth-order valence-corrected chi connectivity index (χ4v) is 7.10. The first-order valence-electron chi connectivity index (χ1n) is 24.7. The third-order valence-electron chi connectivity index (χ3n) is 10.9. The number of aliphatic hydroxyl groups is 2. The Morgan fingerprint density at radius 1 is 0.421 bits per heavy atom. The summed E-state index contributed by atoms with van der Waals surface area (Å²) in [4.78, 5) is 12.4. The number of hydrogen-bond acceptors (Lipinski definition) is 3. The number of nitrogens with one attached hydrogen (secondary N) is 1. The van der Waals surface area contributed by atoms with Crippen molar-refractivity contribution in [3.8, 4) is 0 Å². The topological polar surface area (TPSA) is 69.6 Å². The minimum Gasteiger partial charge on any atom is -0.394 e. The monoisotopic (exact) mass is 794 g/mol. The third-order valence-corrected chi connectivity index (χ3v) is 10.9. The van der Waals surface area contributed by atoms with Crippen LogP contribution in [-0.2, 0) is 4.79 Å². The number of rotatable bonds is 44. The molecule has 0 aromatic heterocycles. The van der Waals surface area contributed by atoms with Gasteiger partial charge in [0.25, 0.3) is 0 Å². The predicted octanol–water partition coefficient (Wildman–Crippen LogP) is 15.9. The fourth-order valence-electron chi connectivity index (χ4n) is 7.10. The van der Waals surface area contributed by atoms with E-state index in [-0.39, 0.29) is 12.5 Å². The average Bonchev–Trinajstić information content (AvgIpc) is 3.22. The van der Waals surface area contributed by atoms with Crippen molar-refractivity contribution in [2.24, 2.45) is 0 Å². The van der Waals surface area contributed by atoms with Crippen molar-refractivity contribution >= 4 is 5.91 Å². The molecule has 0 aromatic rings. The van der Waals surface area contributed by atoms with Gasteiger partial charge in [-0.2, -0.15) is 0 Å². The molecule has 0 heterocycles. The Bertz CT molecular complexity index is 992. The highest BCUT2D eigenvalue weighted by atomic mass is 16.3. The summed E-state index contributed by atoms with van der Waals surface area (Å²) in [5, 5.41) is 23.0. The zero-order valence-electron chi connectivity index (χ0n) is 37.8. The second-order valence-electron chi connectivity index (χ2n) is 16.5. The zero-order chi connectivity index (χ0) is 41.4. The lowest BCUT2D eigenvalue weighted by Crippen LogP contribution is -2.45. The normalized spacial score (nSPS) is 13.5. The molecule has 2 atom stereocenters. The summed E-state index contributed by atoms with van der Waals surface area (Å²) in [6.45, 7) is 4.28. The SMILES string of the molecule is CCCCCCC/C=C\C/C=C\C/C=C\CCCCCCCCC(=O)NC(CO)C(O)/C=C/CC/C=C/CC/C=C/CCCCCCCCCCCCCCCC. The Hall–Kier alpha value is -2.17. The summed E-state index contributed by atoms with van der Waals surface area (Å²) < 4.78 is 0. The van der Waals surface area contributed by atoms with Crippen molar-refractivity contribution in [1.82, 2.24) is 5.32 Å². The van der Waals surface area contributed by atoms with E-state index in [2.05, 4.69) is 79.9 Å². The van der Waals surface area contributed by atoms with Crippen LogP contribution >= 0.6 is 0 Å². The van der Waals surface area contributed by atoms with Gasteiger partial charge >= 0.3 is 0 Å². The van der Waals surface area contributed by atoms with Gasteiger partial charge in [0, 0.05) is 6.42 Å². The Morgan fingerprint density at radius 2 is 0.737 bits per heavy atom. The number of allylic oxidation sites excluding steroid dienone is 11. The van der Waals surface area contributed by atoms with Gasteiger partial charge in [-0.3, -0.25) is 4.79 Å². The molecule has 0 aromatic carbocycles. The van der Waals surface area contributed by atoms with Gasteiger partial charge in [-0.15, -0.1) is 0 Å². The molecule has 4 heteroatoms. The van der Waals surface area contributed by atoms with Crippen LogP contribution in [0, 0.1) is 0 Å². The van der Waals surface area contributed by atoms with Crippen LogP contribution in [0.3, 0.4) is 0 Å². The molecule has 1 amide bonds. The summed E-state index contributed by atoms with van der Waals surface area (Å²) in [5.74, 6) is -0.0916. The van der Waals surface area contributed by atoms with Crippen LogP contribution in [0.1, 0.15) is 239 Å². The van der Waals surface area contributed by atoms with Crippen LogP contribution in [-0.4, -0.2) is 34.9 Å². The van der Waals surface area contributed by atoms with Gasteiger partial charge in [0.1, 0.15) is 0 Å². The molecule has 0 aliphatic carbocycles. The molecule has 57 heavy (non-hydrogen) atoms. The van der Waals surface area contributed by atoms with Gasteiger partial charge in [-0.05, 0) is 83.5 Å². The number of carbonyl (C=O) groups excluding carboxylic acids is 1. The molecule has 0 aliphatic heterocycles. The zero-order valence-corrected chi connectivity index (χ0v) is 37.8. The molecule has 0 saturated heterocycles. The number of aliphatic hydroxyl groups excluding tert-OH is 2. The Kier molecular flexibility index (Phi) is 46.4. The van der Waals surface area contributed by atoms with Crippen LogP contribution in [0.4, 0.5) is 0 Å². The summed E-state index contributed by atoms with van der Waals surface area (Å²) in [7, 11) is 0. The minimum absolute atomic E-state index is 0.0916. The van der Waals surface area contributed by atoms with Crippen molar-refractivity contribution in [3.63, 3.8) is 0 Å². The Balaban J connectivity index is 3.66. The van der Waals surface area contributed by atoms with Gasteiger partial charge in [-0.25, -0.2) is 0 Å². The maximum absolute atomic E-state index is 12.4. The quantitative estimate of drug-likeness (QED) is 0.0425. The van der Waals surface area contributed by atoms with E-state index in [1.807, 2.05) is 6.08 Å². The molecular formula is C53H95NO3. The predicted molar refractivity (Wildman–Crippen MR) is 253 cm³/mol. The molecular weight excluding hydrogens is 699 g/mol. The lowest BCUT2D eigenvalue weighted by Gasteiger charge is -2.19. The summed E-state index contributed by atoms with van der Waals surface area (Å²) in [5.41, 5.74) is 0. The van der Waals surface area contributed by atoms with Crippen molar-refractivity contribution < 1.29 is 15.0 Å². The summed E-state index contributed by atoms with van der Waals surface area (Å²) in [6, 6.07) is -0.657. The number of unbranched alkanes of at least 4 members (excludes halogenated alkanes) is 27. The molecule has 3 N–H and O–H groups in total. The maximum atomic E-state index is 12.4. The second kappa shape index (κ2) is 48.2. The standard InChI is InChI=1S/C53H95NO3/c1-3-5-7-9-11-13-15-17-19-21-23-25-26-27-29-30-32-34-36-38-40-42-44-46-48-52(56)51(50-55)54-53(57)49-47-45-43-41-39-37-35-33-31-28-24-22-20-18-16-14-12-10-8-6-4-2/h16,18,22,24,30-33,38,40,46,48,51-52,55-56H,3-15,17,19-21,23,25-29,34-37,39,41-45,47,49-50H2,1-2H3,(H,54,57)/b18-16-,24-22-,32-30+,33-31-,40-38+,48-46+. The van der Waals surface area contributed by atoms with Gasteiger partial charge < -0.3 is 15.5 Å². The van der Waals surface area contributed by atoms with Crippen molar-refractivity contribution in [2.45, 2.75) is 251 Å². The highest BCUT2D eigenvalue weighted by Crippen LogP contribution is 2.14. The molecule has 0 radical (unpaired) electrons.